The minimum Gasteiger partial charge on any atom is -0.481 e. The lowest BCUT2D eigenvalue weighted by Gasteiger charge is -2.49. The molecule has 3 aliphatic rings. The standard InChI is InChI=1S/C24H26ClFN2O3S/c25-15-7-8-18-20(12-15)32-22(26)21(18)24(9-2-1-6-19(24)23(29)30)28-10-11-31-17(14-28)13-27-16-4-3-5-16/h1-2,6-9,12,16-17,19,27H,3-5,10-11,13-14H2,(H,29,30)/t17-,19?,24?/m1/s1. The van der Waals surface area contributed by atoms with E-state index < -0.39 is 17.4 Å². The van der Waals surface area contributed by atoms with Crippen molar-refractivity contribution < 1.29 is 19.0 Å². The fourth-order valence-electron chi connectivity index (χ4n) is 5.10. The summed E-state index contributed by atoms with van der Waals surface area (Å²) in [5, 5.41) is 14.6. The van der Waals surface area contributed by atoms with Crippen molar-refractivity contribution in [2.24, 2.45) is 5.92 Å². The number of rotatable bonds is 6. The Hall–Kier alpha value is -1.77. The van der Waals surface area contributed by atoms with Gasteiger partial charge in [-0.25, -0.2) is 0 Å². The van der Waals surface area contributed by atoms with Crippen molar-refractivity contribution in [3.8, 4) is 0 Å². The average Bonchev–Trinajstić information content (AvgIpc) is 3.07. The van der Waals surface area contributed by atoms with Crippen LogP contribution in [0.5, 0.6) is 0 Å². The molecule has 5 nitrogen and oxygen atoms in total. The van der Waals surface area contributed by atoms with Crippen LogP contribution in [0.15, 0.2) is 42.5 Å². The van der Waals surface area contributed by atoms with Crippen molar-refractivity contribution in [3.05, 3.63) is 58.2 Å². The van der Waals surface area contributed by atoms with Crippen LogP contribution in [-0.2, 0) is 15.1 Å². The summed E-state index contributed by atoms with van der Waals surface area (Å²) in [6.45, 7) is 2.22. The number of hydrogen-bond donors (Lipinski definition) is 2. The highest BCUT2D eigenvalue weighted by Crippen LogP contribution is 2.48. The predicted octanol–water partition coefficient (Wildman–Crippen LogP) is 4.56. The molecule has 2 aliphatic carbocycles. The molecule has 2 N–H and O–H groups in total. The number of fused-ring (bicyclic) bond motifs is 1. The number of ether oxygens (including phenoxy) is 1. The molecule has 0 amide bonds. The number of nitrogens with zero attached hydrogens (tertiary/aromatic N) is 1. The normalized spacial score (nSPS) is 28.8. The Morgan fingerprint density at radius 3 is 2.97 bits per heavy atom. The predicted molar refractivity (Wildman–Crippen MR) is 125 cm³/mol. The molecule has 2 fully saturated rings. The number of carboxylic acids is 1. The summed E-state index contributed by atoms with van der Waals surface area (Å²) in [4.78, 5) is 14.6. The highest BCUT2D eigenvalue weighted by Gasteiger charge is 2.51. The maximum atomic E-state index is 15.6. The van der Waals surface area contributed by atoms with Crippen molar-refractivity contribution in [3.63, 3.8) is 0 Å². The molecule has 2 aromatic rings. The minimum absolute atomic E-state index is 0.0858. The zero-order valence-electron chi connectivity index (χ0n) is 17.6. The van der Waals surface area contributed by atoms with Crippen LogP contribution in [0.2, 0.25) is 5.02 Å². The van der Waals surface area contributed by atoms with Crippen LogP contribution in [0.3, 0.4) is 0 Å². The maximum Gasteiger partial charge on any atom is 0.312 e. The van der Waals surface area contributed by atoms with Crippen molar-refractivity contribution >= 4 is 39.0 Å². The van der Waals surface area contributed by atoms with Gasteiger partial charge in [0.05, 0.1) is 18.2 Å². The van der Waals surface area contributed by atoms with Crippen LogP contribution in [0, 0.1) is 11.0 Å². The highest BCUT2D eigenvalue weighted by molar-refractivity contribution is 7.17. The minimum atomic E-state index is -1.14. The summed E-state index contributed by atoms with van der Waals surface area (Å²) in [5.41, 5.74) is -0.732. The van der Waals surface area contributed by atoms with E-state index in [0.29, 0.717) is 53.0 Å². The number of nitrogens with one attached hydrogen (secondary N) is 1. The van der Waals surface area contributed by atoms with Crippen LogP contribution in [0.4, 0.5) is 4.39 Å². The second-order valence-corrected chi connectivity index (χ2v) is 10.2. The average molecular weight is 477 g/mol. The van der Waals surface area contributed by atoms with Gasteiger partial charge in [-0.1, -0.05) is 48.4 Å². The number of benzene rings is 1. The Morgan fingerprint density at radius 1 is 1.38 bits per heavy atom. The van der Waals surface area contributed by atoms with Gasteiger partial charge in [0.1, 0.15) is 5.92 Å². The van der Waals surface area contributed by atoms with Crippen LogP contribution in [-0.4, -0.2) is 54.4 Å². The largest absolute Gasteiger partial charge is 0.481 e. The van der Waals surface area contributed by atoms with E-state index in [1.807, 2.05) is 12.2 Å². The molecule has 0 bridgehead atoms. The van der Waals surface area contributed by atoms with Crippen LogP contribution in [0.1, 0.15) is 24.8 Å². The number of hydrogen-bond acceptors (Lipinski definition) is 5. The highest BCUT2D eigenvalue weighted by atomic mass is 35.5. The molecule has 1 aromatic heterocycles. The molecule has 8 heteroatoms. The molecule has 32 heavy (non-hydrogen) atoms. The Labute approximate surface area is 195 Å². The first-order valence-electron chi connectivity index (χ1n) is 11.1. The van der Waals surface area contributed by atoms with Gasteiger partial charge in [0.2, 0.25) is 0 Å². The summed E-state index contributed by atoms with van der Waals surface area (Å²) >= 11 is 7.17. The van der Waals surface area contributed by atoms with Crippen LogP contribution >= 0.6 is 22.9 Å². The summed E-state index contributed by atoms with van der Waals surface area (Å²) in [6.07, 6.45) is 10.6. The third kappa shape index (κ3) is 3.80. The molecule has 0 radical (unpaired) electrons. The summed E-state index contributed by atoms with van der Waals surface area (Å²) in [7, 11) is 0. The molecule has 2 heterocycles. The molecule has 1 aliphatic heterocycles. The fraction of sp³-hybridized carbons (Fsp3) is 0.458. The van der Waals surface area contributed by atoms with Gasteiger partial charge in [0, 0.05) is 46.3 Å². The number of allylic oxidation sites excluding steroid dienone is 2. The first-order chi connectivity index (χ1) is 15.5. The van der Waals surface area contributed by atoms with E-state index >= 15 is 4.39 Å². The van der Waals surface area contributed by atoms with E-state index in [1.165, 1.54) is 19.3 Å². The number of carboxylic acid groups (broad SMARTS) is 1. The van der Waals surface area contributed by atoms with E-state index in [0.717, 1.165) is 11.3 Å². The van der Waals surface area contributed by atoms with Gasteiger partial charge in [-0.15, -0.1) is 11.3 Å². The van der Waals surface area contributed by atoms with Gasteiger partial charge in [0.25, 0.3) is 0 Å². The quantitative estimate of drug-likeness (QED) is 0.640. The molecule has 1 aromatic carbocycles. The molecule has 0 spiro atoms. The number of aliphatic carboxylic acids is 1. The Balaban J connectivity index is 1.57. The molecule has 5 rings (SSSR count). The molecule has 3 atom stereocenters. The SMILES string of the molecule is O=C(O)C1C=CC=CC1(c1c(F)sc2cc(Cl)ccc12)N1CCO[C@H](CNC2CCC2)C1. The Bertz CT molecular complexity index is 1080. The van der Waals surface area contributed by atoms with Crippen molar-refractivity contribution in [2.45, 2.75) is 36.9 Å². The number of carbonyl (C=O) groups is 1. The van der Waals surface area contributed by atoms with Gasteiger partial charge in [-0.05, 0) is 25.0 Å². The zero-order valence-corrected chi connectivity index (χ0v) is 19.2. The van der Waals surface area contributed by atoms with Gasteiger partial charge >= 0.3 is 5.97 Å². The molecule has 1 saturated heterocycles. The smallest absolute Gasteiger partial charge is 0.312 e. The Kier molecular flexibility index (Phi) is 6.11. The third-order valence-electron chi connectivity index (χ3n) is 6.92. The second kappa shape index (κ2) is 8.88. The number of morpholine rings is 1. The Morgan fingerprint density at radius 2 is 2.22 bits per heavy atom. The molecule has 170 valence electrons. The van der Waals surface area contributed by atoms with Crippen LogP contribution < -0.4 is 5.32 Å². The fourth-order valence-corrected chi connectivity index (χ4v) is 6.37. The van der Waals surface area contributed by atoms with E-state index in [-0.39, 0.29) is 11.2 Å². The van der Waals surface area contributed by atoms with Gasteiger partial charge in [-0.3, -0.25) is 9.69 Å². The first-order valence-corrected chi connectivity index (χ1v) is 12.3. The lowest BCUT2D eigenvalue weighted by molar-refractivity contribution is -0.147. The molecular weight excluding hydrogens is 451 g/mol. The van der Waals surface area contributed by atoms with Gasteiger partial charge in [-0.2, -0.15) is 4.39 Å². The van der Waals surface area contributed by atoms with Gasteiger partial charge in [0.15, 0.2) is 5.13 Å². The molecular formula is C24H26ClFN2O3S. The number of thiophene rings is 1. The first kappa shape index (κ1) is 22.0. The van der Waals surface area contributed by atoms with Crippen LogP contribution in [0.25, 0.3) is 10.1 Å². The molecule has 1 saturated carbocycles. The lowest BCUT2D eigenvalue weighted by Crippen LogP contribution is -2.59. The van der Waals surface area contributed by atoms with E-state index in [4.69, 9.17) is 16.3 Å². The van der Waals surface area contributed by atoms with Crippen molar-refractivity contribution in [2.75, 3.05) is 26.2 Å². The summed E-state index contributed by atoms with van der Waals surface area (Å²) in [6, 6.07) is 5.81. The van der Waals surface area contributed by atoms with Gasteiger partial charge < -0.3 is 15.2 Å². The lowest BCUT2D eigenvalue weighted by atomic mass is 9.73. The third-order valence-corrected chi connectivity index (χ3v) is 8.09. The van der Waals surface area contributed by atoms with Crippen molar-refractivity contribution in [1.29, 1.82) is 0 Å². The van der Waals surface area contributed by atoms with Crippen molar-refractivity contribution in [1.82, 2.24) is 10.2 Å². The van der Waals surface area contributed by atoms with E-state index in [9.17, 15) is 9.90 Å². The van der Waals surface area contributed by atoms with E-state index in [2.05, 4.69) is 10.2 Å². The second-order valence-electron chi connectivity index (χ2n) is 8.75. The van der Waals surface area contributed by atoms with E-state index in [1.54, 1.807) is 30.4 Å². The zero-order chi connectivity index (χ0) is 22.3. The summed E-state index contributed by atoms with van der Waals surface area (Å²) < 4.78 is 22.3. The number of halogens is 2. The summed E-state index contributed by atoms with van der Waals surface area (Å²) in [5.74, 6) is -1.90. The maximum absolute atomic E-state index is 15.6. The molecule has 2 unspecified atom stereocenters. The monoisotopic (exact) mass is 476 g/mol. The topological polar surface area (TPSA) is 61.8 Å².